The molecule has 0 radical (unpaired) electrons. The summed E-state index contributed by atoms with van der Waals surface area (Å²) in [7, 11) is 0. The number of benzene rings is 1. The number of allylic oxidation sites excluding steroid dienone is 2. The number of hydrogen-bond donors (Lipinski definition) is 0. The topological polar surface area (TPSA) is 78.9 Å². The van der Waals surface area contributed by atoms with Crippen molar-refractivity contribution in [2.45, 2.75) is 58.2 Å². The second kappa shape index (κ2) is 9.64. The van der Waals surface area contributed by atoms with Gasteiger partial charge in [0.05, 0.1) is 11.3 Å². The largest absolute Gasteiger partial charge is 0.462 e. The standard InChI is InChI=1S/C32H38O6/c1-6-30(5)19-37-29(35)32(30)28(34)27-25-24(20(2)13-9-8-12-18-36-22(4)33)17-16-21(3)26(25)31(27,38-32)23-14-10-7-11-15-23/h6-8,10-12,14-16,20,24-27H,1,9,13,17-19H2,2-5H3/b12-8+/t20-,24+,25+,26-,27+,30+,31+,32+/m1/s1. The van der Waals surface area contributed by atoms with Gasteiger partial charge in [0.25, 0.3) is 0 Å². The van der Waals surface area contributed by atoms with Gasteiger partial charge in [-0.25, -0.2) is 4.79 Å². The van der Waals surface area contributed by atoms with Gasteiger partial charge in [0.15, 0.2) is 5.78 Å². The third kappa shape index (κ3) is 3.59. The van der Waals surface area contributed by atoms with Gasteiger partial charge in [-0.15, -0.1) is 6.58 Å². The number of hydrogen-bond acceptors (Lipinski definition) is 6. The number of ketones is 1. The van der Waals surface area contributed by atoms with Crippen LogP contribution in [-0.4, -0.2) is 36.5 Å². The maximum absolute atomic E-state index is 14.5. The van der Waals surface area contributed by atoms with Gasteiger partial charge in [-0.3, -0.25) is 9.59 Å². The number of fused-ring (bicyclic) bond motifs is 4. The fourth-order valence-corrected chi connectivity index (χ4v) is 7.65. The lowest BCUT2D eigenvalue weighted by molar-refractivity contribution is -0.234. The van der Waals surface area contributed by atoms with Crippen LogP contribution in [0.15, 0.2) is 66.8 Å². The summed E-state index contributed by atoms with van der Waals surface area (Å²) in [6.45, 7) is 12.0. The van der Waals surface area contributed by atoms with Crippen LogP contribution in [0.25, 0.3) is 0 Å². The molecule has 2 aliphatic heterocycles. The average molecular weight is 519 g/mol. The van der Waals surface area contributed by atoms with E-state index >= 15 is 0 Å². The van der Waals surface area contributed by atoms with Crippen LogP contribution in [0.1, 0.15) is 52.5 Å². The van der Waals surface area contributed by atoms with Crippen molar-refractivity contribution >= 4 is 17.7 Å². The van der Waals surface area contributed by atoms with E-state index < -0.39 is 28.5 Å². The van der Waals surface area contributed by atoms with Gasteiger partial charge >= 0.3 is 11.9 Å². The lowest BCUT2D eigenvalue weighted by atomic mass is 9.42. The molecule has 3 fully saturated rings. The van der Waals surface area contributed by atoms with Gasteiger partial charge in [-0.05, 0) is 56.4 Å². The lowest BCUT2D eigenvalue weighted by Crippen LogP contribution is -2.64. The second-order valence-electron chi connectivity index (χ2n) is 11.7. The molecule has 0 bridgehead atoms. The normalized spacial score (nSPS) is 38.3. The number of ether oxygens (including phenoxy) is 3. The van der Waals surface area contributed by atoms with Gasteiger partial charge in [0.2, 0.25) is 5.60 Å². The molecule has 8 atom stereocenters. The molecular weight excluding hydrogens is 480 g/mol. The Kier molecular flexibility index (Phi) is 6.75. The molecule has 1 saturated carbocycles. The zero-order chi connectivity index (χ0) is 27.3. The quantitative estimate of drug-likeness (QED) is 0.263. The van der Waals surface area contributed by atoms with Gasteiger partial charge < -0.3 is 14.2 Å². The van der Waals surface area contributed by atoms with Crippen molar-refractivity contribution in [1.29, 1.82) is 0 Å². The predicted octanol–water partition coefficient (Wildman–Crippen LogP) is 5.33. The summed E-state index contributed by atoms with van der Waals surface area (Å²) in [5.74, 6) is -0.750. The maximum Gasteiger partial charge on any atom is 0.347 e. The molecular formula is C32H38O6. The van der Waals surface area contributed by atoms with E-state index in [1.807, 2.05) is 43.3 Å². The van der Waals surface area contributed by atoms with E-state index in [0.717, 1.165) is 24.8 Å². The minimum absolute atomic E-state index is 0.00130. The molecule has 1 spiro atoms. The zero-order valence-corrected chi connectivity index (χ0v) is 22.8. The number of carbonyl (C=O) groups is 3. The fraction of sp³-hybridized carbons (Fsp3) is 0.531. The van der Waals surface area contributed by atoms with Gasteiger partial charge in [-0.1, -0.05) is 67.1 Å². The van der Waals surface area contributed by atoms with E-state index in [1.54, 1.807) is 6.08 Å². The minimum atomic E-state index is -1.68. The zero-order valence-electron chi connectivity index (χ0n) is 22.8. The molecule has 0 unspecified atom stereocenters. The molecule has 6 heteroatoms. The first-order chi connectivity index (χ1) is 18.1. The monoisotopic (exact) mass is 518 g/mol. The third-order valence-electron chi connectivity index (χ3n) is 9.68. The van der Waals surface area contributed by atoms with Crippen LogP contribution < -0.4 is 0 Å². The van der Waals surface area contributed by atoms with Gasteiger partial charge in [0, 0.05) is 12.8 Å². The molecule has 1 aromatic carbocycles. The number of Topliss-reactive ketones (excluding diaryl/α,β-unsaturated/α-hetero) is 1. The van der Waals surface area contributed by atoms with E-state index in [1.165, 1.54) is 12.5 Å². The maximum atomic E-state index is 14.5. The molecule has 202 valence electrons. The molecule has 6 nitrogen and oxygen atoms in total. The highest BCUT2D eigenvalue weighted by Gasteiger charge is 2.83. The van der Waals surface area contributed by atoms with Crippen LogP contribution >= 0.6 is 0 Å². The molecule has 2 saturated heterocycles. The van der Waals surface area contributed by atoms with Gasteiger partial charge in [0.1, 0.15) is 18.8 Å². The Morgan fingerprint density at radius 2 is 1.95 bits per heavy atom. The highest BCUT2D eigenvalue weighted by Crippen LogP contribution is 2.73. The first kappa shape index (κ1) is 26.6. The Balaban J connectivity index is 1.50. The number of cyclic esters (lactones) is 1. The van der Waals surface area contributed by atoms with Crippen molar-refractivity contribution in [3.05, 3.63) is 72.4 Å². The molecule has 0 aromatic heterocycles. The molecule has 0 amide bonds. The van der Waals surface area contributed by atoms with Crippen LogP contribution in [0, 0.1) is 35.0 Å². The van der Waals surface area contributed by atoms with Crippen molar-refractivity contribution in [2.24, 2.45) is 35.0 Å². The predicted molar refractivity (Wildman–Crippen MR) is 143 cm³/mol. The van der Waals surface area contributed by atoms with Crippen LogP contribution in [0.5, 0.6) is 0 Å². The fourth-order valence-electron chi connectivity index (χ4n) is 7.65. The summed E-state index contributed by atoms with van der Waals surface area (Å²) in [5, 5.41) is 0. The molecule has 4 aliphatic rings. The summed E-state index contributed by atoms with van der Waals surface area (Å²) in [6.07, 6.45) is 10.6. The smallest absolute Gasteiger partial charge is 0.347 e. The van der Waals surface area contributed by atoms with E-state index in [4.69, 9.17) is 14.2 Å². The van der Waals surface area contributed by atoms with Crippen LogP contribution in [0.4, 0.5) is 0 Å². The highest BCUT2D eigenvalue weighted by molar-refractivity contribution is 6.13. The first-order valence-corrected chi connectivity index (χ1v) is 13.7. The van der Waals surface area contributed by atoms with Crippen LogP contribution in [0.3, 0.4) is 0 Å². The van der Waals surface area contributed by atoms with E-state index in [-0.39, 0.29) is 42.7 Å². The third-order valence-corrected chi connectivity index (χ3v) is 9.68. The van der Waals surface area contributed by atoms with Crippen LogP contribution in [-0.2, 0) is 34.2 Å². The number of esters is 2. The summed E-state index contributed by atoms with van der Waals surface area (Å²) >= 11 is 0. The molecule has 38 heavy (non-hydrogen) atoms. The number of carbonyl (C=O) groups excluding carboxylic acids is 3. The minimum Gasteiger partial charge on any atom is -0.462 e. The van der Waals surface area contributed by atoms with E-state index in [2.05, 4.69) is 32.6 Å². The van der Waals surface area contributed by atoms with E-state index in [0.29, 0.717) is 5.92 Å². The molecule has 2 heterocycles. The summed E-state index contributed by atoms with van der Waals surface area (Å²) in [4.78, 5) is 38.9. The Bertz CT molecular complexity index is 1200. The summed E-state index contributed by atoms with van der Waals surface area (Å²) in [6, 6.07) is 9.94. The first-order valence-electron chi connectivity index (χ1n) is 13.7. The Morgan fingerprint density at radius 1 is 1.21 bits per heavy atom. The van der Waals surface area contributed by atoms with Crippen molar-refractivity contribution in [1.82, 2.24) is 0 Å². The molecule has 5 rings (SSSR count). The second-order valence-corrected chi connectivity index (χ2v) is 11.7. The Hall–Kier alpha value is -2.99. The number of rotatable bonds is 8. The SMILES string of the molecule is C=C[C@@]1(C)COC(=O)[C@]12O[C@]1(c3ccccc3)[C@H](C2=O)[C@H]2[C@H]([C@H](C)CC/C=C/COC(C)=O)CC=C(C)[C@H]21. The van der Waals surface area contributed by atoms with Crippen molar-refractivity contribution in [3.63, 3.8) is 0 Å². The Morgan fingerprint density at radius 3 is 2.63 bits per heavy atom. The molecule has 0 N–H and O–H groups in total. The Labute approximate surface area is 225 Å². The van der Waals surface area contributed by atoms with Crippen LogP contribution in [0.2, 0.25) is 0 Å². The molecule has 1 aromatic rings. The molecule has 2 aliphatic carbocycles. The van der Waals surface area contributed by atoms with Crippen molar-refractivity contribution in [2.75, 3.05) is 13.2 Å². The van der Waals surface area contributed by atoms with Crippen molar-refractivity contribution in [3.8, 4) is 0 Å². The highest BCUT2D eigenvalue weighted by atomic mass is 16.6. The summed E-state index contributed by atoms with van der Waals surface area (Å²) < 4.78 is 17.4. The van der Waals surface area contributed by atoms with Crippen molar-refractivity contribution < 1.29 is 28.6 Å². The average Bonchev–Trinajstić information content (AvgIpc) is 3.28. The summed E-state index contributed by atoms with van der Waals surface area (Å²) in [5.41, 5.74) is -1.36. The van der Waals surface area contributed by atoms with Gasteiger partial charge in [-0.2, -0.15) is 0 Å². The van der Waals surface area contributed by atoms with E-state index in [9.17, 15) is 14.4 Å². The lowest BCUT2D eigenvalue weighted by Gasteiger charge is -2.62.